The quantitative estimate of drug-likeness (QED) is 0.273. The number of sulfonamides is 1. The minimum Gasteiger partial charge on any atom is -0.497 e. The molecule has 0 bridgehead atoms. The van der Waals surface area contributed by atoms with Gasteiger partial charge in [0.2, 0.25) is 5.09 Å². The summed E-state index contributed by atoms with van der Waals surface area (Å²) < 4.78 is 42.9. The lowest BCUT2D eigenvalue weighted by atomic mass is 10.1. The zero-order valence-electron chi connectivity index (χ0n) is 19.5. The molecule has 0 unspecified atom stereocenters. The summed E-state index contributed by atoms with van der Waals surface area (Å²) in [4.78, 5) is 12.5. The summed E-state index contributed by atoms with van der Waals surface area (Å²) in [5, 5.41) is 9.26. The summed E-state index contributed by atoms with van der Waals surface area (Å²) >= 11 is 0. The van der Waals surface area contributed by atoms with Gasteiger partial charge in [-0.05, 0) is 68.0 Å². The van der Waals surface area contributed by atoms with Crippen LogP contribution < -0.4 is 4.74 Å². The standard InChI is InChI=1S/C24H25N3O6S/c1-16-12-18(17(2)27(16)20-6-8-21(31-5)9-7-20)13-19(14-25)24(28)32-15-22-10-11-23(33-22)34(29,30)26(3)4/h6-13H,15H2,1-5H3/b19-13-. The van der Waals surface area contributed by atoms with Gasteiger partial charge in [-0.1, -0.05) is 0 Å². The van der Waals surface area contributed by atoms with Gasteiger partial charge < -0.3 is 18.5 Å². The Kier molecular flexibility index (Phi) is 7.29. The Balaban J connectivity index is 1.78. The average molecular weight is 484 g/mol. The maximum atomic E-state index is 12.5. The molecule has 0 N–H and O–H groups in total. The molecule has 0 aliphatic carbocycles. The van der Waals surface area contributed by atoms with Crippen molar-refractivity contribution in [3.05, 3.63) is 70.7 Å². The molecule has 0 aliphatic heterocycles. The monoisotopic (exact) mass is 483 g/mol. The Morgan fingerprint density at radius 2 is 1.85 bits per heavy atom. The van der Waals surface area contributed by atoms with Crippen LogP contribution in [0.4, 0.5) is 0 Å². The maximum absolute atomic E-state index is 12.5. The minimum atomic E-state index is -3.74. The van der Waals surface area contributed by atoms with Gasteiger partial charge in [0.1, 0.15) is 29.8 Å². The summed E-state index contributed by atoms with van der Waals surface area (Å²) in [5.41, 5.74) is 3.18. The van der Waals surface area contributed by atoms with Crippen molar-refractivity contribution >= 4 is 22.1 Å². The van der Waals surface area contributed by atoms with Crippen LogP contribution in [0, 0.1) is 25.2 Å². The van der Waals surface area contributed by atoms with Gasteiger partial charge in [-0.15, -0.1) is 0 Å². The normalized spacial score (nSPS) is 12.0. The number of nitriles is 1. The molecular formula is C24H25N3O6S. The number of benzene rings is 1. The smallest absolute Gasteiger partial charge is 0.349 e. The molecule has 0 radical (unpaired) electrons. The van der Waals surface area contributed by atoms with Gasteiger partial charge in [-0.25, -0.2) is 17.5 Å². The zero-order valence-corrected chi connectivity index (χ0v) is 20.3. The Hall–Kier alpha value is -3.81. The number of rotatable bonds is 8. The van der Waals surface area contributed by atoms with Gasteiger partial charge in [0.25, 0.3) is 10.0 Å². The molecule has 9 nitrogen and oxygen atoms in total. The molecule has 0 aliphatic rings. The van der Waals surface area contributed by atoms with Gasteiger partial charge in [0.05, 0.1) is 7.11 Å². The summed E-state index contributed by atoms with van der Waals surface area (Å²) in [5.74, 6) is 0.0396. The number of nitrogens with zero attached hydrogens (tertiary/aromatic N) is 3. The van der Waals surface area contributed by atoms with E-state index in [0.29, 0.717) is 5.56 Å². The molecule has 34 heavy (non-hydrogen) atoms. The lowest BCUT2D eigenvalue weighted by Gasteiger charge is -2.10. The molecule has 3 aromatic rings. The number of ether oxygens (including phenoxy) is 2. The van der Waals surface area contributed by atoms with Gasteiger partial charge in [0.15, 0.2) is 0 Å². The van der Waals surface area contributed by atoms with E-state index in [2.05, 4.69) is 0 Å². The summed E-state index contributed by atoms with van der Waals surface area (Å²) in [7, 11) is 0.628. The number of hydrogen-bond acceptors (Lipinski definition) is 7. The number of esters is 1. The first-order chi connectivity index (χ1) is 16.1. The minimum absolute atomic E-state index is 0.142. The van der Waals surface area contributed by atoms with Crippen LogP contribution in [-0.2, 0) is 26.2 Å². The van der Waals surface area contributed by atoms with E-state index in [0.717, 1.165) is 27.1 Å². The van der Waals surface area contributed by atoms with Crippen molar-refractivity contribution in [1.82, 2.24) is 8.87 Å². The summed E-state index contributed by atoms with van der Waals surface area (Å²) in [6.45, 7) is 3.50. The van der Waals surface area contributed by atoms with Crippen molar-refractivity contribution in [3.63, 3.8) is 0 Å². The van der Waals surface area contributed by atoms with Crippen molar-refractivity contribution in [3.8, 4) is 17.5 Å². The van der Waals surface area contributed by atoms with E-state index >= 15 is 0 Å². The highest BCUT2D eigenvalue weighted by atomic mass is 32.2. The molecule has 0 amide bonds. The number of hydrogen-bond donors (Lipinski definition) is 0. The van der Waals surface area contributed by atoms with E-state index < -0.39 is 16.0 Å². The van der Waals surface area contributed by atoms with Crippen LogP contribution >= 0.6 is 0 Å². The van der Waals surface area contributed by atoms with Gasteiger partial charge in [-0.2, -0.15) is 5.26 Å². The average Bonchev–Trinajstić information content (AvgIpc) is 3.40. The second-order valence-corrected chi connectivity index (χ2v) is 9.70. The van der Waals surface area contributed by atoms with E-state index in [1.807, 2.05) is 54.8 Å². The van der Waals surface area contributed by atoms with Crippen molar-refractivity contribution in [1.29, 1.82) is 5.26 Å². The highest BCUT2D eigenvalue weighted by Crippen LogP contribution is 2.25. The maximum Gasteiger partial charge on any atom is 0.349 e. The molecule has 10 heteroatoms. The Bertz CT molecular complexity index is 1370. The number of furan rings is 1. The Morgan fingerprint density at radius 3 is 2.44 bits per heavy atom. The third-order valence-corrected chi connectivity index (χ3v) is 6.85. The molecule has 1 aromatic carbocycles. The SMILES string of the molecule is COc1ccc(-n2c(C)cc(/C=C(/C#N)C(=O)OCc3ccc(S(=O)(=O)N(C)C)o3)c2C)cc1. The van der Waals surface area contributed by atoms with Gasteiger partial charge >= 0.3 is 5.97 Å². The number of aromatic nitrogens is 1. The van der Waals surface area contributed by atoms with E-state index in [1.54, 1.807) is 7.11 Å². The van der Waals surface area contributed by atoms with E-state index in [-0.39, 0.29) is 23.0 Å². The number of methoxy groups -OCH3 is 1. The van der Waals surface area contributed by atoms with Crippen LogP contribution in [0.1, 0.15) is 22.7 Å². The van der Waals surface area contributed by atoms with Crippen LogP contribution in [-0.4, -0.2) is 44.5 Å². The van der Waals surface area contributed by atoms with Crippen LogP contribution in [0.3, 0.4) is 0 Å². The van der Waals surface area contributed by atoms with E-state index in [9.17, 15) is 18.5 Å². The molecule has 2 heterocycles. The lowest BCUT2D eigenvalue weighted by Crippen LogP contribution is -2.21. The first-order valence-electron chi connectivity index (χ1n) is 10.2. The fraction of sp³-hybridized carbons (Fsp3) is 0.250. The van der Waals surface area contributed by atoms with Crippen LogP contribution in [0.2, 0.25) is 0 Å². The van der Waals surface area contributed by atoms with Crippen molar-refractivity contribution < 1.29 is 27.1 Å². The fourth-order valence-electron chi connectivity index (χ4n) is 3.32. The number of aryl methyl sites for hydroxylation is 1. The molecule has 0 fully saturated rings. The lowest BCUT2D eigenvalue weighted by molar-refractivity contribution is -0.140. The first-order valence-corrected chi connectivity index (χ1v) is 11.7. The Labute approximate surface area is 198 Å². The Morgan fingerprint density at radius 1 is 1.18 bits per heavy atom. The molecule has 0 spiro atoms. The zero-order chi connectivity index (χ0) is 25.0. The van der Waals surface area contributed by atoms with E-state index in [1.165, 1.54) is 32.3 Å². The van der Waals surface area contributed by atoms with Crippen molar-refractivity contribution in [2.75, 3.05) is 21.2 Å². The molecule has 0 atom stereocenters. The van der Waals surface area contributed by atoms with Crippen LogP contribution in [0.25, 0.3) is 11.8 Å². The van der Waals surface area contributed by atoms with Crippen molar-refractivity contribution in [2.45, 2.75) is 25.5 Å². The summed E-state index contributed by atoms with van der Waals surface area (Å²) in [6.07, 6.45) is 1.47. The van der Waals surface area contributed by atoms with Crippen LogP contribution in [0.15, 0.2) is 57.5 Å². The second kappa shape index (κ2) is 9.99. The molecular weight excluding hydrogens is 458 g/mol. The molecule has 2 aromatic heterocycles. The summed E-state index contributed by atoms with van der Waals surface area (Å²) in [6, 6.07) is 14.0. The fourth-order valence-corrected chi connectivity index (χ4v) is 4.14. The third kappa shape index (κ3) is 5.06. The predicted molar refractivity (Wildman–Crippen MR) is 125 cm³/mol. The van der Waals surface area contributed by atoms with E-state index in [4.69, 9.17) is 13.9 Å². The molecule has 3 rings (SSSR count). The van der Waals surface area contributed by atoms with Crippen molar-refractivity contribution in [2.24, 2.45) is 0 Å². The molecule has 0 saturated carbocycles. The highest BCUT2D eigenvalue weighted by molar-refractivity contribution is 7.88. The number of carbonyl (C=O) groups excluding carboxylic acids is 1. The highest BCUT2D eigenvalue weighted by Gasteiger charge is 2.22. The third-order valence-electron chi connectivity index (χ3n) is 5.16. The number of carbonyl (C=O) groups is 1. The first kappa shape index (κ1) is 24.8. The van der Waals surface area contributed by atoms with Gasteiger partial charge in [-0.3, -0.25) is 0 Å². The topological polar surface area (TPSA) is 115 Å². The molecule has 0 saturated heterocycles. The largest absolute Gasteiger partial charge is 0.497 e. The predicted octanol–water partition coefficient (Wildman–Crippen LogP) is 3.60. The second-order valence-electron chi connectivity index (χ2n) is 7.61. The van der Waals surface area contributed by atoms with Crippen LogP contribution in [0.5, 0.6) is 5.75 Å². The molecule has 178 valence electrons. The van der Waals surface area contributed by atoms with Gasteiger partial charge in [0, 0.05) is 31.2 Å².